The molecule has 2 rings (SSSR count). The molecule has 0 spiro atoms. The van der Waals surface area contributed by atoms with Crippen molar-refractivity contribution in [1.29, 1.82) is 0 Å². The molecule has 2 aromatic carbocycles. The van der Waals surface area contributed by atoms with E-state index in [2.05, 4.69) is 13.9 Å². The van der Waals surface area contributed by atoms with Gasteiger partial charge in [0.1, 0.15) is 0 Å². The van der Waals surface area contributed by atoms with Gasteiger partial charge in [-0.1, -0.05) is 18.2 Å². The van der Waals surface area contributed by atoms with Gasteiger partial charge in [-0.3, -0.25) is 0 Å². The number of methoxy groups -OCH3 is 1. The van der Waals surface area contributed by atoms with E-state index in [4.69, 9.17) is 5.26 Å². The van der Waals surface area contributed by atoms with Gasteiger partial charge in [0.25, 0.3) is 0 Å². The number of hydrogen-bond acceptors (Lipinski definition) is 6. The normalized spacial score (nSPS) is 12.2. The molecular weight excluding hydrogens is 405 g/mol. The molecule has 0 aliphatic heterocycles. The maximum absolute atomic E-state index is 11.5. The molecular formula is C17H20AsNO7. The fourth-order valence-electron chi connectivity index (χ4n) is 1.91. The Morgan fingerprint density at radius 1 is 1.12 bits per heavy atom. The monoisotopic (exact) mass is 425 g/mol. The largest absolute Gasteiger partial charge is 0.465 e. The van der Waals surface area contributed by atoms with Crippen LogP contribution in [0.1, 0.15) is 22.8 Å². The van der Waals surface area contributed by atoms with E-state index in [1.165, 1.54) is 26.2 Å². The zero-order valence-corrected chi connectivity index (χ0v) is 16.4. The molecule has 3 N–H and O–H groups in total. The number of hydrogen-bond donors (Lipinski definition) is 3. The van der Waals surface area contributed by atoms with Crippen LogP contribution in [0, 0.1) is 6.92 Å². The van der Waals surface area contributed by atoms with E-state index in [1.807, 2.05) is 6.07 Å². The summed E-state index contributed by atoms with van der Waals surface area (Å²) in [6, 6.07) is 13.4. The zero-order chi connectivity index (χ0) is 19.7. The number of anilines is 1. The molecule has 0 aromatic heterocycles. The number of esters is 1. The second-order valence-electron chi connectivity index (χ2n) is 5.16. The summed E-state index contributed by atoms with van der Waals surface area (Å²) in [7, 11) is 1.37. The van der Waals surface area contributed by atoms with Crippen molar-refractivity contribution >= 4 is 36.1 Å². The Morgan fingerprint density at radius 2 is 1.73 bits per heavy atom. The van der Waals surface area contributed by atoms with Crippen molar-refractivity contribution in [3.8, 4) is 0 Å². The molecule has 0 heterocycles. The second-order valence-corrected chi connectivity index (χ2v) is 8.70. The van der Waals surface area contributed by atoms with Crippen molar-refractivity contribution in [3.05, 3.63) is 59.7 Å². The first-order valence-electron chi connectivity index (χ1n) is 7.39. The van der Waals surface area contributed by atoms with Gasteiger partial charge in [0.15, 0.2) is 0 Å². The summed E-state index contributed by atoms with van der Waals surface area (Å²) < 4.78 is 29.0. The first-order valence-corrected chi connectivity index (χ1v) is 10.7. The standard InChI is InChI=1S/C9H12AsNO5.C8H8O2/c1-6-3-4-9(11-7(2)12)8(5-6)10(13,14)16-15;1-10-8(9)7-5-3-2-4-6-7/h3-5,15H,1-2H3,(H,11,12)(H,13,14);2-6H,1H3. The van der Waals surface area contributed by atoms with Gasteiger partial charge in [-0.05, 0) is 12.1 Å². The zero-order valence-electron chi connectivity index (χ0n) is 14.5. The van der Waals surface area contributed by atoms with Gasteiger partial charge in [-0.25, -0.2) is 4.79 Å². The molecule has 0 radical (unpaired) electrons. The number of amides is 1. The predicted octanol–water partition coefficient (Wildman–Crippen LogP) is 1.48. The molecule has 26 heavy (non-hydrogen) atoms. The third-order valence-electron chi connectivity index (χ3n) is 3.07. The van der Waals surface area contributed by atoms with Gasteiger partial charge in [0, 0.05) is 0 Å². The SMILES string of the molecule is CC(=O)Nc1ccc(C)cc1[As](=O)(O)OO.COC(=O)c1ccccc1. The van der Waals surface area contributed by atoms with Gasteiger partial charge in [-0.2, -0.15) is 0 Å². The number of ether oxygens (including phenoxy) is 1. The van der Waals surface area contributed by atoms with Crippen LogP contribution in [0.15, 0.2) is 48.5 Å². The van der Waals surface area contributed by atoms with Gasteiger partial charge in [0.05, 0.1) is 12.7 Å². The summed E-state index contributed by atoms with van der Waals surface area (Å²) >= 11 is -4.96. The molecule has 0 aliphatic rings. The summed E-state index contributed by atoms with van der Waals surface area (Å²) in [6.45, 7) is 2.99. The minimum absolute atomic E-state index is 0.0872. The Bertz CT molecular complexity index is 808. The topological polar surface area (TPSA) is 122 Å². The average Bonchev–Trinajstić information content (AvgIpc) is 2.63. The third-order valence-corrected chi connectivity index (χ3v) is 5.59. The van der Waals surface area contributed by atoms with Crippen LogP contribution in [0.2, 0.25) is 0 Å². The van der Waals surface area contributed by atoms with Crippen molar-refractivity contribution in [2.75, 3.05) is 12.4 Å². The molecule has 0 saturated carbocycles. The fourth-order valence-corrected chi connectivity index (χ4v) is 3.77. The van der Waals surface area contributed by atoms with E-state index in [1.54, 1.807) is 37.3 Å². The van der Waals surface area contributed by atoms with Gasteiger partial charge in [-0.15, -0.1) is 0 Å². The second kappa shape index (κ2) is 9.94. The Hall–Kier alpha value is -2.38. The van der Waals surface area contributed by atoms with Crippen LogP contribution < -0.4 is 9.67 Å². The molecule has 140 valence electrons. The molecule has 1 unspecified atom stereocenters. The smallest absolute Gasteiger partial charge is 0.337 e. The van der Waals surface area contributed by atoms with Crippen LogP contribution in [0.3, 0.4) is 0 Å². The third kappa shape index (κ3) is 6.49. The average molecular weight is 425 g/mol. The quantitative estimate of drug-likeness (QED) is 0.294. The molecule has 0 saturated heterocycles. The number of aryl methyl sites for hydroxylation is 1. The molecule has 0 aliphatic carbocycles. The van der Waals surface area contributed by atoms with Gasteiger partial charge in [0.2, 0.25) is 0 Å². The van der Waals surface area contributed by atoms with Crippen molar-refractivity contribution in [2.24, 2.45) is 0 Å². The Morgan fingerprint density at radius 3 is 2.23 bits per heavy atom. The number of nitrogens with one attached hydrogen (secondary N) is 1. The maximum atomic E-state index is 11.5. The molecule has 0 fully saturated rings. The minimum atomic E-state index is -4.96. The van der Waals surface area contributed by atoms with E-state index >= 15 is 0 Å². The van der Waals surface area contributed by atoms with Crippen LogP contribution in [0.25, 0.3) is 0 Å². The van der Waals surface area contributed by atoms with E-state index in [0.717, 1.165) is 5.56 Å². The molecule has 2 aromatic rings. The van der Waals surface area contributed by atoms with Crippen molar-refractivity contribution in [1.82, 2.24) is 0 Å². The van der Waals surface area contributed by atoms with Crippen LogP contribution >= 0.6 is 0 Å². The Kier molecular flexibility index (Phi) is 8.28. The minimum Gasteiger partial charge on any atom is -0.465 e. The Balaban J connectivity index is 0.000000289. The number of carbonyl (C=O) groups is 2. The fraction of sp³-hybridized carbons (Fsp3) is 0.176. The van der Waals surface area contributed by atoms with Crippen molar-refractivity contribution in [2.45, 2.75) is 13.8 Å². The van der Waals surface area contributed by atoms with Crippen molar-refractivity contribution in [3.63, 3.8) is 0 Å². The molecule has 1 atom stereocenters. The molecule has 8 nitrogen and oxygen atoms in total. The first-order chi connectivity index (χ1) is 12.2. The summed E-state index contributed by atoms with van der Waals surface area (Å²) in [6.07, 6.45) is 0. The van der Waals surface area contributed by atoms with Crippen molar-refractivity contribution < 1.29 is 31.3 Å². The molecule has 0 bridgehead atoms. The van der Waals surface area contributed by atoms with Crippen LogP contribution in [-0.4, -0.2) is 42.5 Å². The summed E-state index contributed by atoms with van der Waals surface area (Å²) in [5, 5.41) is 10.8. The summed E-state index contributed by atoms with van der Waals surface area (Å²) in [5.41, 5.74) is 1.47. The predicted molar refractivity (Wildman–Crippen MR) is 95.3 cm³/mol. The summed E-state index contributed by atoms with van der Waals surface area (Å²) in [5.74, 6) is -0.667. The van der Waals surface area contributed by atoms with Gasteiger partial charge >= 0.3 is 101 Å². The van der Waals surface area contributed by atoms with E-state index < -0.39 is 14.2 Å². The molecule has 1 amide bonds. The van der Waals surface area contributed by atoms with E-state index in [9.17, 15) is 17.4 Å². The van der Waals surface area contributed by atoms with E-state index in [-0.39, 0.29) is 21.9 Å². The summed E-state index contributed by atoms with van der Waals surface area (Å²) in [4.78, 5) is 21.7. The van der Waals surface area contributed by atoms with Gasteiger partial charge < -0.3 is 4.74 Å². The van der Waals surface area contributed by atoms with E-state index in [0.29, 0.717) is 5.56 Å². The first kappa shape index (κ1) is 21.7. The molecule has 9 heteroatoms. The Labute approximate surface area is 153 Å². The van der Waals surface area contributed by atoms with Crippen LogP contribution in [0.5, 0.6) is 0 Å². The number of rotatable bonds is 4. The number of benzene rings is 2. The van der Waals surface area contributed by atoms with Crippen LogP contribution in [-0.2, 0) is 17.1 Å². The number of carbonyl (C=O) groups excluding carboxylic acids is 2. The van der Waals surface area contributed by atoms with Crippen LogP contribution in [0.4, 0.5) is 5.69 Å². The maximum Gasteiger partial charge on any atom is 0.337 e.